The van der Waals surface area contributed by atoms with Crippen LogP contribution < -0.4 is 10.8 Å². The number of amides is 2. The van der Waals surface area contributed by atoms with Crippen molar-refractivity contribution in [2.75, 3.05) is 0 Å². The molecule has 2 amide bonds. The fraction of sp³-hybridized carbons (Fsp3) is 0.500. The minimum absolute atomic E-state index is 0.225. The number of aryl methyl sites for hydroxylation is 1. The predicted molar refractivity (Wildman–Crippen MR) is 147 cm³/mol. The highest BCUT2D eigenvalue weighted by atomic mass is 16.7. The second-order valence-corrected chi connectivity index (χ2v) is 11.1. The van der Waals surface area contributed by atoms with Gasteiger partial charge in [0.15, 0.2) is 0 Å². The van der Waals surface area contributed by atoms with Crippen LogP contribution in [0.2, 0.25) is 0 Å². The van der Waals surface area contributed by atoms with E-state index in [0.717, 1.165) is 29.0 Å². The van der Waals surface area contributed by atoms with Crippen molar-refractivity contribution in [2.45, 2.75) is 90.5 Å². The number of hydrogen-bond acceptors (Lipinski definition) is 5. The zero-order valence-electron chi connectivity index (χ0n) is 22.7. The number of carbonyl (C=O) groups excluding carboxylic acids is 2. The van der Waals surface area contributed by atoms with Gasteiger partial charge in [-0.2, -0.15) is 0 Å². The smallest absolute Gasteiger partial charge is 0.408 e. The lowest BCUT2D eigenvalue weighted by Gasteiger charge is -2.24. The Hall–Kier alpha value is -3.39. The fourth-order valence-corrected chi connectivity index (χ4v) is 4.98. The van der Waals surface area contributed by atoms with Crippen LogP contribution in [-0.4, -0.2) is 33.2 Å². The summed E-state index contributed by atoms with van der Waals surface area (Å²) in [5, 5.41) is 2.74. The van der Waals surface area contributed by atoms with Crippen molar-refractivity contribution in [3.05, 3.63) is 66.0 Å². The van der Waals surface area contributed by atoms with Crippen molar-refractivity contribution in [3.8, 4) is 0 Å². The first-order valence-electron chi connectivity index (χ1n) is 13.7. The van der Waals surface area contributed by atoms with Crippen LogP contribution in [0.5, 0.6) is 0 Å². The summed E-state index contributed by atoms with van der Waals surface area (Å²) in [6.45, 7) is 6.52. The van der Waals surface area contributed by atoms with Crippen molar-refractivity contribution in [1.29, 1.82) is 0 Å². The summed E-state index contributed by atoms with van der Waals surface area (Å²) in [4.78, 5) is 36.0. The van der Waals surface area contributed by atoms with Gasteiger partial charge >= 0.3 is 6.09 Å². The zero-order valence-corrected chi connectivity index (χ0v) is 22.7. The third kappa shape index (κ3) is 8.05. The molecule has 0 aliphatic heterocycles. The van der Waals surface area contributed by atoms with Gasteiger partial charge in [0.25, 0.3) is 5.91 Å². The molecule has 8 nitrogen and oxygen atoms in total. The number of alkyl carbamates (subject to hydrolysis) is 1. The van der Waals surface area contributed by atoms with Crippen molar-refractivity contribution in [3.63, 3.8) is 0 Å². The Morgan fingerprint density at radius 2 is 1.74 bits per heavy atom. The zero-order chi connectivity index (χ0) is 27.0. The molecule has 1 heterocycles. The van der Waals surface area contributed by atoms with Crippen molar-refractivity contribution < 1.29 is 19.2 Å². The van der Waals surface area contributed by atoms with Crippen LogP contribution >= 0.6 is 0 Å². The minimum Gasteiger partial charge on any atom is -0.444 e. The van der Waals surface area contributed by atoms with Gasteiger partial charge in [0.1, 0.15) is 17.5 Å². The largest absolute Gasteiger partial charge is 0.444 e. The Morgan fingerprint density at radius 3 is 2.47 bits per heavy atom. The highest BCUT2D eigenvalue weighted by Gasteiger charge is 2.26. The van der Waals surface area contributed by atoms with E-state index in [1.165, 1.54) is 32.1 Å². The molecule has 0 radical (unpaired) electrons. The number of imidazole rings is 1. The maximum absolute atomic E-state index is 13.1. The maximum Gasteiger partial charge on any atom is 0.408 e. The second kappa shape index (κ2) is 12.9. The molecule has 1 atom stereocenters. The quantitative estimate of drug-likeness (QED) is 0.335. The number of ether oxygens (including phenoxy) is 1. The van der Waals surface area contributed by atoms with Gasteiger partial charge in [-0.05, 0) is 63.6 Å². The highest BCUT2D eigenvalue weighted by Crippen LogP contribution is 2.28. The number of aromatic nitrogens is 2. The van der Waals surface area contributed by atoms with Crippen LogP contribution in [0.1, 0.15) is 70.7 Å². The van der Waals surface area contributed by atoms with Crippen LogP contribution in [0, 0.1) is 5.92 Å². The number of hydrogen-bond donors (Lipinski definition) is 2. The Bertz CT molecular complexity index is 1200. The molecule has 0 spiro atoms. The van der Waals surface area contributed by atoms with Crippen molar-refractivity contribution in [1.82, 2.24) is 20.3 Å². The molecule has 1 aromatic heterocycles. The number of benzene rings is 2. The molecule has 3 aromatic rings. The fourth-order valence-electron chi connectivity index (χ4n) is 4.98. The van der Waals surface area contributed by atoms with Gasteiger partial charge in [-0.15, -0.1) is 0 Å². The van der Waals surface area contributed by atoms with E-state index in [1.54, 1.807) is 20.8 Å². The molecule has 2 aromatic carbocycles. The molecule has 38 heavy (non-hydrogen) atoms. The molecular formula is C30H40N4O4. The molecule has 1 aliphatic carbocycles. The molecule has 1 fully saturated rings. The number of para-hydroxylation sites is 2. The first-order valence-corrected chi connectivity index (χ1v) is 13.7. The molecule has 4 rings (SSSR count). The van der Waals surface area contributed by atoms with E-state index in [9.17, 15) is 9.59 Å². The number of rotatable bonds is 10. The van der Waals surface area contributed by atoms with Gasteiger partial charge in [0.05, 0.1) is 17.6 Å². The number of nitrogens with one attached hydrogen (secondary N) is 2. The maximum atomic E-state index is 13.1. The highest BCUT2D eigenvalue weighted by molar-refractivity contribution is 5.85. The molecule has 2 N–H and O–H groups in total. The van der Waals surface area contributed by atoms with Gasteiger partial charge < -0.3 is 14.6 Å². The summed E-state index contributed by atoms with van der Waals surface area (Å²) in [5.74, 6) is 1.12. The molecule has 1 unspecified atom stereocenters. The lowest BCUT2D eigenvalue weighted by Crippen LogP contribution is -2.48. The lowest BCUT2D eigenvalue weighted by atomic mass is 9.89. The number of hydroxylamine groups is 1. The van der Waals surface area contributed by atoms with E-state index < -0.39 is 23.6 Å². The first kappa shape index (κ1) is 27.6. The van der Waals surface area contributed by atoms with E-state index in [-0.39, 0.29) is 6.61 Å². The van der Waals surface area contributed by atoms with Crippen molar-refractivity contribution >= 4 is 23.0 Å². The summed E-state index contributed by atoms with van der Waals surface area (Å²) in [6.07, 6.45) is 6.56. The van der Waals surface area contributed by atoms with Crippen LogP contribution in [0.3, 0.4) is 0 Å². The van der Waals surface area contributed by atoms with E-state index in [4.69, 9.17) is 14.6 Å². The summed E-state index contributed by atoms with van der Waals surface area (Å²) >= 11 is 0. The summed E-state index contributed by atoms with van der Waals surface area (Å²) in [7, 11) is 0. The number of nitrogens with zero attached hydrogens (tertiary/aromatic N) is 2. The average molecular weight is 521 g/mol. The Morgan fingerprint density at radius 1 is 1.03 bits per heavy atom. The first-order chi connectivity index (χ1) is 18.3. The third-order valence-corrected chi connectivity index (χ3v) is 6.82. The molecule has 204 valence electrons. The average Bonchev–Trinajstić information content (AvgIpc) is 3.23. The lowest BCUT2D eigenvalue weighted by molar-refractivity contribution is -0.137. The molecule has 1 aliphatic rings. The van der Waals surface area contributed by atoms with Gasteiger partial charge in [-0.1, -0.05) is 61.7 Å². The Balaban J connectivity index is 1.46. The number of carbonyl (C=O) groups is 2. The standard InChI is InChI=1S/C30H40N4O4/c1-30(2,3)38-29(36)32-25(28(35)33-37-21-23-14-8-5-9-15-23)18-19-27-31-24-16-10-11-17-26(24)34(27)20-22-12-6-4-7-13-22/h5,8-11,14-17,22,25H,4,6-7,12-13,18-21H2,1-3H3,(H,32,36)(H,33,35). The SMILES string of the molecule is CC(C)(C)OC(=O)NC(CCc1nc2ccccc2n1CC1CCCCC1)C(=O)NOCc1ccccc1. The van der Waals surface area contributed by atoms with Gasteiger partial charge in [-0.3, -0.25) is 9.63 Å². The molecule has 8 heteroatoms. The van der Waals surface area contributed by atoms with Crippen LogP contribution in [0.15, 0.2) is 54.6 Å². The van der Waals surface area contributed by atoms with E-state index in [0.29, 0.717) is 18.8 Å². The summed E-state index contributed by atoms with van der Waals surface area (Å²) in [5.41, 5.74) is 4.82. The monoisotopic (exact) mass is 520 g/mol. The van der Waals surface area contributed by atoms with Crippen LogP contribution in [-0.2, 0) is 33.9 Å². The Labute approximate surface area is 225 Å². The van der Waals surface area contributed by atoms with E-state index in [2.05, 4.69) is 21.4 Å². The summed E-state index contributed by atoms with van der Waals surface area (Å²) in [6, 6.07) is 16.9. The van der Waals surface area contributed by atoms with Crippen LogP contribution in [0.4, 0.5) is 4.79 Å². The molecular weight excluding hydrogens is 480 g/mol. The van der Waals surface area contributed by atoms with Gasteiger partial charge in [0.2, 0.25) is 0 Å². The molecule has 1 saturated carbocycles. The normalized spacial score (nSPS) is 15.2. The third-order valence-electron chi connectivity index (χ3n) is 6.82. The summed E-state index contributed by atoms with van der Waals surface area (Å²) < 4.78 is 7.73. The van der Waals surface area contributed by atoms with E-state index in [1.807, 2.05) is 48.5 Å². The predicted octanol–water partition coefficient (Wildman–Crippen LogP) is 5.69. The molecule has 0 bridgehead atoms. The topological polar surface area (TPSA) is 94.5 Å². The van der Waals surface area contributed by atoms with Gasteiger partial charge in [-0.25, -0.2) is 15.3 Å². The van der Waals surface area contributed by atoms with Crippen LogP contribution in [0.25, 0.3) is 11.0 Å². The van der Waals surface area contributed by atoms with Crippen molar-refractivity contribution in [2.24, 2.45) is 5.92 Å². The second-order valence-electron chi connectivity index (χ2n) is 11.1. The number of fused-ring (bicyclic) bond motifs is 1. The van der Waals surface area contributed by atoms with Gasteiger partial charge in [0, 0.05) is 13.0 Å². The molecule has 0 saturated heterocycles. The van der Waals surface area contributed by atoms with E-state index >= 15 is 0 Å². The Kier molecular flexibility index (Phi) is 9.39. The minimum atomic E-state index is -0.844.